The lowest BCUT2D eigenvalue weighted by Crippen LogP contribution is -2.10. The maximum atomic E-state index is 13.4. The number of aromatic nitrogens is 2. The first-order valence-electron chi connectivity index (χ1n) is 10.3. The fourth-order valence-electron chi connectivity index (χ4n) is 3.53. The highest BCUT2D eigenvalue weighted by Crippen LogP contribution is 2.33. The van der Waals surface area contributed by atoms with Gasteiger partial charge in [-0.3, -0.25) is 9.17 Å². The van der Waals surface area contributed by atoms with Crippen molar-refractivity contribution in [3.63, 3.8) is 0 Å². The van der Waals surface area contributed by atoms with Gasteiger partial charge in [-0.25, -0.2) is 4.39 Å². The third-order valence-electron chi connectivity index (χ3n) is 5.16. The van der Waals surface area contributed by atoms with Crippen LogP contribution in [0, 0.1) is 12.7 Å². The Kier molecular flexibility index (Phi) is 6.48. The molecule has 0 unspecified atom stereocenters. The molecule has 0 saturated heterocycles. The highest BCUT2D eigenvalue weighted by atomic mass is 32.2. The van der Waals surface area contributed by atoms with Crippen LogP contribution in [0.1, 0.15) is 12.0 Å². The lowest BCUT2D eigenvalue weighted by Gasteiger charge is -2.13. The molecule has 0 aliphatic carbocycles. The average molecular weight is 451 g/mol. The Morgan fingerprint density at radius 3 is 2.28 bits per heavy atom. The molecule has 7 heteroatoms. The molecule has 2 aromatic carbocycles. The lowest BCUT2D eigenvalue weighted by atomic mass is 10.0. The molecule has 0 aliphatic heterocycles. The molecule has 0 fully saturated rings. The van der Waals surface area contributed by atoms with Crippen LogP contribution in [0.3, 0.4) is 0 Å². The highest BCUT2D eigenvalue weighted by molar-refractivity contribution is 7.86. The fraction of sp³-hybridized carbons (Fsp3) is 0.160. The normalized spacial score (nSPS) is 11.6. The molecular formula is C25H23FN2O3S. The summed E-state index contributed by atoms with van der Waals surface area (Å²) in [7, 11) is -3.79. The first-order valence-corrected chi connectivity index (χ1v) is 11.7. The number of pyridine rings is 1. The van der Waals surface area contributed by atoms with Gasteiger partial charge in [-0.15, -0.1) is 0 Å². The van der Waals surface area contributed by atoms with E-state index in [2.05, 4.69) is 9.55 Å². The van der Waals surface area contributed by atoms with Crippen LogP contribution < -0.4 is 0 Å². The Labute approximate surface area is 187 Å². The number of benzene rings is 2. The van der Waals surface area contributed by atoms with Gasteiger partial charge in [0.15, 0.2) is 0 Å². The molecule has 0 N–H and O–H groups in total. The van der Waals surface area contributed by atoms with Crippen molar-refractivity contribution in [3.05, 3.63) is 96.7 Å². The van der Waals surface area contributed by atoms with E-state index >= 15 is 0 Å². The largest absolute Gasteiger partial charge is 0.347 e. The van der Waals surface area contributed by atoms with E-state index in [1.165, 1.54) is 12.1 Å². The lowest BCUT2D eigenvalue weighted by molar-refractivity contribution is 0.304. The molecular weight excluding hydrogens is 427 g/mol. The topological polar surface area (TPSA) is 61.2 Å². The van der Waals surface area contributed by atoms with Gasteiger partial charge in [0.05, 0.1) is 17.2 Å². The van der Waals surface area contributed by atoms with Crippen LogP contribution in [0.4, 0.5) is 4.39 Å². The van der Waals surface area contributed by atoms with E-state index in [1.807, 2.05) is 31.3 Å². The van der Waals surface area contributed by atoms with E-state index in [-0.39, 0.29) is 17.3 Å². The Hall–Kier alpha value is -3.29. The maximum Gasteiger partial charge on any atom is 0.296 e. The van der Waals surface area contributed by atoms with Gasteiger partial charge in [0.25, 0.3) is 10.1 Å². The van der Waals surface area contributed by atoms with E-state index in [9.17, 15) is 12.8 Å². The molecule has 4 rings (SSSR count). The minimum absolute atomic E-state index is 0.0655. The molecule has 0 spiro atoms. The van der Waals surface area contributed by atoms with Gasteiger partial charge in [-0.1, -0.05) is 29.8 Å². The molecule has 0 atom stereocenters. The SMILES string of the molecule is Cc1ccc(S(=O)(=O)OCCCn2ccc(-c3ccc(F)cc3)c2-c2ccncc2)cc1. The van der Waals surface area contributed by atoms with E-state index < -0.39 is 10.1 Å². The Morgan fingerprint density at radius 2 is 1.59 bits per heavy atom. The third-order valence-corrected chi connectivity index (χ3v) is 6.49. The van der Waals surface area contributed by atoms with E-state index in [4.69, 9.17) is 4.18 Å². The standard InChI is InChI=1S/C25H23FN2O3S/c1-19-3-9-23(10-4-19)32(29,30)31-18-2-16-28-17-13-24(20-5-7-22(26)8-6-20)25(28)21-11-14-27-15-12-21/h3-15,17H,2,16,18H2,1H3. The van der Waals surface area contributed by atoms with Crippen LogP contribution in [0.15, 0.2) is 90.2 Å². The summed E-state index contributed by atoms with van der Waals surface area (Å²) >= 11 is 0. The van der Waals surface area contributed by atoms with Crippen molar-refractivity contribution in [2.75, 3.05) is 6.61 Å². The van der Waals surface area contributed by atoms with Crippen molar-refractivity contribution < 1.29 is 17.0 Å². The van der Waals surface area contributed by atoms with Gasteiger partial charge < -0.3 is 4.57 Å². The summed E-state index contributed by atoms with van der Waals surface area (Å²) in [5.74, 6) is -0.287. The molecule has 2 heterocycles. The minimum Gasteiger partial charge on any atom is -0.347 e. The number of hydrogen-bond acceptors (Lipinski definition) is 4. The summed E-state index contributed by atoms with van der Waals surface area (Å²) in [6.07, 6.45) is 5.89. The second-order valence-electron chi connectivity index (χ2n) is 7.46. The minimum atomic E-state index is -3.79. The third kappa shape index (κ3) is 4.95. The number of nitrogens with zero attached hydrogens (tertiary/aromatic N) is 2. The zero-order valence-corrected chi connectivity index (χ0v) is 18.4. The number of halogens is 1. The number of rotatable bonds is 8. The van der Waals surface area contributed by atoms with Crippen LogP contribution in [0.2, 0.25) is 0 Å². The Morgan fingerprint density at radius 1 is 0.906 bits per heavy atom. The fourth-order valence-corrected chi connectivity index (χ4v) is 4.47. The van der Waals surface area contributed by atoms with Crippen molar-refractivity contribution in [1.82, 2.24) is 9.55 Å². The van der Waals surface area contributed by atoms with Crippen LogP contribution >= 0.6 is 0 Å². The molecule has 0 saturated carbocycles. The van der Waals surface area contributed by atoms with Gasteiger partial charge in [0, 0.05) is 36.3 Å². The van der Waals surface area contributed by atoms with E-state index in [0.717, 1.165) is 27.9 Å². The second-order valence-corrected chi connectivity index (χ2v) is 9.07. The zero-order chi connectivity index (χ0) is 22.6. The van der Waals surface area contributed by atoms with Crippen molar-refractivity contribution >= 4 is 10.1 Å². The van der Waals surface area contributed by atoms with Gasteiger partial charge in [-0.2, -0.15) is 8.42 Å². The van der Waals surface area contributed by atoms with Crippen molar-refractivity contribution in [3.8, 4) is 22.4 Å². The van der Waals surface area contributed by atoms with Gasteiger partial charge in [-0.05, 0) is 61.4 Å². The maximum absolute atomic E-state index is 13.4. The molecule has 0 bridgehead atoms. The summed E-state index contributed by atoms with van der Waals surface area (Å²) in [4.78, 5) is 4.24. The first-order chi connectivity index (χ1) is 15.4. The van der Waals surface area contributed by atoms with Crippen LogP contribution in [-0.4, -0.2) is 24.6 Å². The Bertz CT molecular complexity index is 1280. The molecule has 2 aromatic heterocycles. The summed E-state index contributed by atoms with van der Waals surface area (Å²) in [6, 6.07) is 18.8. The summed E-state index contributed by atoms with van der Waals surface area (Å²) in [5, 5.41) is 0. The first kappa shape index (κ1) is 21.9. The second kappa shape index (κ2) is 9.46. The van der Waals surface area contributed by atoms with Crippen LogP contribution in [0.25, 0.3) is 22.4 Å². The van der Waals surface area contributed by atoms with Crippen LogP contribution in [-0.2, 0) is 20.8 Å². The zero-order valence-electron chi connectivity index (χ0n) is 17.6. The predicted octanol–water partition coefficient (Wildman–Crippen LogP) is 5.46. The van der Waals surface area contributed by atoms with Crippen molar-refractivity contribution in [1.29, 1.82) is 0 Å². The number of aryl methyl sites for hydroxylation is 2. The highest BCUT2D eigenvalue weighted by Gasteiger charge is 2.16. The van der Waals surface area contributed by atoms with Gasteiger partial charge >= 0.3 is 0 Å². The molecule has 32 heavy (non-hydrogen) atoms. The molecule has 0 radical (unpaired) electrons. The van der Waals surface area contributed by atoms with Gasteiger partial charge in [0.2, 0.25) is 0 Å². The molecule has 5 nitrogen and oxygen atoms in total. The van der Waals surface area contributed by atoms with E-state index in [0.29, 0.717) is 13.0 Å². The quantitative estimate of drug-likeness (QED) is 0.264. The summed E-state index contributed by atoms with van der Waals surface area (Å²) in [5.41, 5.74) is 4.77. The van der Waals surface area contributed by atoms with Gasteiger partial charge in [0.1, 0.15) is 5.82 Å². The smallest absolute Gasteiger partial charge is 0.296 e. The van der Waals surface area contributed by atoms with Crippen LogP contribution in [0.5, 0.6) is 0 Å². The molecule has 4 aromatic rings. The average Bonchev–Trinajstić information content (AvgIpc) is 3.22. The van der Waals surface area contributed by atoms with Crippen molar-refractivity contribution in [2.45, 2.75) is 24.8 Å². The summed E-state index contributed by atoms with van der Waals surface area (Å²) < 4.78 is 45.5. The molecule has 0 aliphatic rings. The Balaban J connectivity index is 1.51. The summed E-state index contributed by atoms with van der Waals surface area (Å²) in [6.45, 7) is 2.52. The molecule has 164 valence electrons. The monoisotopic (exact) mass is 450 g/mol. The van der Waals surface area contributed by atoms with Crippen molar-refractivity contribution in [2.24, 2.45) is 0 Å². The number of hydrogen-bond donors (Lipinski definition) is 0. The van der Waals surface area contributed by atoms with E-state index in [1.54, 1.807) is 48.8 Å². The molecule has 0 amide bonds. The predicted molar refractivity (Wildman–Crippen MR) is 122 cm³/mol.